The molecule has 5 heteroatoms. The fourth-order valence-corrected chi connectivity index (χ4v) is 3.04. The van der Waals surface area contributed by atoms with Crippen LogP contribution >= 0.6 is 0 Å². The summed E-state index contributed by atoms with van der Waals surface area (Å²) in [5.41, 5.74) is 2.43. The van der Waals surface area contributed by atoms with Gasteiger partial charge in [0.1, 0.15) is 5.92 Å². The van der Waals surface area contributed by atoms with Gasteiger partial charge in [0.25, 0.3) is 0 Å². The maximum Gasteiger partial charge on any atom is 0.236 e. The summed E-state index contributed by atoms with van der Waals surface area (Å²) in [6.45, 7) is 0.987. The zero-order valence-electron chi connectivity index (χ0n) is 16.8. The minimum Gasteiger partial charge on any atom is -0.377 e. The Hall–Kier alpha value is -3.44. The Morgan fingerprint density at radius 3 is 1.67 bits per heavy atom. The van der Waals surface area contributed by atoms with Crippen LogP contribution in [0, 0.1) is 5.92 Å². The number of hydrogen-bond donors (Lipinski definition) is 2. The van der Waals surface area contributed by atoms with Gasteiger partial charge in [-0.1, -0.05) is 66.7 Å². The fraction of sp³-hybridized carbons (Fsp3) is 0.200. The lowest BCUT2D eigenvalue weighted by atomic mass is 10.0. The molecular formula is C25H26N2O3. The van der Waals surface area contributed by atoms with E-state index in [1.54, 1.807) is 24.3 Å². The second kappa shape index (κ2) is 11.5. The van der Waals surface area contributed by atoms with Gasteiger partial charge in [0.2, 0.25) is 11.8 Å². The molecule has 2 amide bonds. The highest BCUT2D eigenvalue weighted by atomic mass is 16.5. The van der Waals surface area contributed by atoms with Gasteiger partial charge in [-0.25, -0.2) is 0 Å². The average Bonchev–Trinajstić information content (AvgIpc) is 2.78. The van der Waals surface area contributed by atoms with Gasteiger partial charge in [0.15, 0.2) is 0 Å². The number of carbonyl (C=O) groups is 2. The number of carbonyl (C=O) groups excluding carboxylic acids is 2. The first-order valence-corrected chi connectivity index (χ1v) is 10.1. The minimum absolute atomic E-state index is 0.322. The van der Waals surface area contributed by atoms with E-state index in [1.165, 1.54) is 0 Å². The Kier molecular flexibility index (Phi) is 8.18. The quantitative estimate of drug-likeness (QED) is 0.375. The molecular weight excluding hydrogens is 376 g/mol. The average molecular weight is 402 g/mol. The van der Waals surface area contributed by atoms with Crippen LogP contribution < -0.4 is 10.6 Å². The Balaban J connectivity index is 1.56. The van der Waals surface area contributed by atoms with Crippen molar-refractivity contribution < 1.29 is 14.3 Å². The van der Waals surface area contributed by atoms with Crippen molar-refractivity contribution in [2.45, 2.75) is 19.4 Å². The van der Waals surface area contributed by atoms with Crippen molar-refractivity contribution in [3.63, 3.8) is 0 Å². The molecule has 154 valence electrons. The Morgan fingerprint density at radius 1 is 0.700 bits per heavy atom. The predicted molar refractivity (Wildman–Crippen MR) is 119 cm³/mol. The number of hydrogen-bond acceptors (Lipinski definition) is 3. The van der Waals surface area contributed by atoms with Crippen molar-refractivity contribution in [1.82, 2.24) is 0 Å². The first-order chi connectivity index (χ1) is 14.7. The predicted octanol–water partition coefficient (Wildman–Crippen LogP) is 4.88. The monoisotopic (exact) mass is 402 g/mol. The molecule has 0 bridgehead atoms. The number of ether oxygens (including phenoxy) is 1. The molecule has 0 saturated carbocycles. The number of nitrogens with one attached hydrogen (secondary N) is 2. The molecule has 5 nitrogen and oxygen atoms in total. The number of rotatable bonds is 10. The summed E-state index contributed by atoms with van der Waals surface area (Å²) < 4.78 is 5.70. The molecule has 0 fully saturated rings. The molecule has 0 spiro atoms. The van der Waals surface area contributed by atoms with Crippen LogP contribution in [-0.4, -0.2) is 18.4 Å². The van der Waals surface area contributed by atoms with Gasteiger partial charge in [0.05, 0.1) is 6.61 Å². The summed E-state index contributed by atoms with van der Waals surface area (Å²) in [4.78, 5) is 25.6. The van der Waals surface area contributed by atoms with Crippen LogP contribution in [0.2, 0.25) is 0 Å². The fourth-order valence-electron chi connectivity index (χ4n) is 3.04. The van der Waals surface area contributed by atoms with E-state index in [4.69, 9.17) is 4.74 Å². The summed E-state index contributed by atoms with van der Waals surface area (Å²) in [6, 6.07) is 28.2. The summed E-state index contributed by atoms with van der Waals surface area (Å²) in [6.07, 6.45) is 0.994. The molecule has 0 aliphatic heterocycles. The summed E-state index contributed by atoms with van der Waals surface area (Å²) in [5, 5.41) is 5.67. The first-order valence-electron chi connectivity index (χ1n) is 10.1. The third kappa shape index (κ3) is 6.87. The van der Waals surface area contributed by atoms with Crippen LogP contribution in [0.15, 0.2) is 91.0 Å². The highest BCUT2D eigenvalue weighted by molar-refractivity contribution is 6.10. The minimum atomic E-state index is -0.814. The lowest BCUT2D eigenvalue weighted by Crippen LogP contribution is -2.34. The van der Waals surface area contributed by atoms with E-state index in [0.29, 0.717) is 37.4 Å². The van der Waals surface area contributed by atoms with E-state index in [2.05, 4.69) is 10.6 Å². The smallest absolute Gasteiger partial charge is 0.236 e. The van der Waals surface area contributed by atoms with Crippen molar-refractivity contribution >= 4 is 23.2 Å². The van der Waals surface area contributed by atoms with E-state index in [9.17, 15) is 9.59 Å². The largest absolute Gasteiger partial charge is 0.377 e. The lowest BCUT2D eigenvalue weighted by Gasteiger charge is -2.17. The maximum atomic E-state index is 12.8. The third-order valence-corrected chi connectivity index (χ3v) is 4.61. The van der Waals surface area contributed by atoms with Gasteiger partial charge in [-0.3, -0.25) is 9.59 Å². The van der Waals surface area contributed by atoms with Crippen LogP contribution in [0.1, 0.15) is 18.4 Å². The second-order valence-electron chi connectivity index (χ2n) is 6.94. The van der Waals surface area contributed by atoms with E-state index in [0.717, 1.165) is 5.56 Å². The lowest BCUT2D eigenvalue weighted by molar-refractivity contribution is -0.129. The van der Waals surface area contributed by atoms with Gasteiger partial charge in [-0.15, -0.1) is 0 Å². The van der Waals surface area contributed by atoms with Crippen LogP contribution in [0.4, 0.5) is 11.4 Å². The zero-order chi connectivity index (χ0) is 21.0. The van der Waals surface area contributed by atoms with Crippen molar-refractivity contribution in [2.75, 3.05) is 17.2 Å². The van der Waals surface area contributed by atoms with Crippen molar-refractivity contribution in [2.24, 2.45) is 5.92 Å². The normalized spacial score (nSPS) is 10.6. The van der Waals surface area contributed by atoms with Crippen LogP contribution in [0.25, 0.3) is 0 Å². The molecule has 0 heterocycles. The van der Waals surface area contributed by atoms with Crippen LogP contribution in [0.5, 0.6) is 0 Å². The van der Waals surface area contributed by atoms with Crippen molar-refractivity contribution in [3.8, 4) is 0 Å². The molecule has 0 aromatic heterocycles. The molecule has 0 saturated heterocycles. The first kappa shape index (κ1) is 21.3. The Labute approximate surface area is 177 Å². The Morgan fingerprint density at radius 2 is 1.17 bits per heavy atom. The summed E-state index contributed by atoms with van der Waals surface area (Å²) >= 11 is 0. The van der Waals surface area contributed by atoms with E-state index >= 15 is 0 Å². The molecule has 0 atom stereocenters. The Bertz CT molecular complexity index is 861. The van der Waals surface area contributed by atoms with Gasteiger partial charge in [-0.05, 0) is 42.7 Å². The highest BCUT2D eigenvalue weighted by Crippen LogP contribution is 2.16. The standard InChI is InChI=1S/C25H26N2O3/c28-24(26-21-13-6-2-7-14-21)23(25(29)27-22-15-8-3-9-16-22)17-10-18-30-19-20-11-4-1-5-12-20/h1-9,11-16,23H,10,17-19H2,(H,26,28)(H,27,29). The van der Waals surface area contributed by atoms with Gasteiger partial charge >= 0.3 is 0 Å². The molecule has 3 rings (SSSR count). The molecule has 0 radical (unpaired) electrons. The van der Waals surface area contributed by atoms with E-state index < -0.39 is 5.92 Å². The number of amides is 2. The SMILES string of the molecule is O=C(Nc1ccccc1)C(CCCOCc1ccccc1)C(=O)Nc1ccccc1. The molecule has 3 aromatic carbocycles. The molecule has 0 aliphatic rings. The number of benzene rings is 3. The second-order valence-corrected chi connectivity index (χ2v) is 6.94. The molecule has 0 unspecified atom stereocenters. The van der Waals surface area contributed by atoms with Gasteiger partial charge < -0.3 is 15.4 Å². The molecule has 30 heavy (non-hydrogen) atoms. The maximum absolute atomic E-state index is 12.8. The van der Waals surface area contributed by atoms with Gasteiger partial charge in [-0.2, -0.15) is 0 Å². The van der Waals surface area contributed by atoms with Crippen LogP contribution in [0.3, 0.4) is 0 Å². The van der Waals surface area contributed by atoms with Crippen molar-refractivity contribution in [1.29, 1.82) is 0 Å². The third-order valence-electron chi connectivity index (χ3n) is 4.61. The molecule has 3 aromatic rings. The number of para-hydroxylation sites is 2. The number of anilines is 2. The highest BCUT2D eigenvalue weighted by Gasteiger charge is 2.26. The van der Waals surface area contributed by atoms with Gasteiger partial charge in [0, 0.05) is 18.0 Å². The summed E-state index contributed by atoms with van der Waals surface area (Å²) in [5.74, 6) is -1.46. The molecule has 2 N–H and O–H groups in total. The zero-order valence-corrected chi connectivity index (χ0v) is 16.8. The van der Waals surface area contributed by atoms with Crippen molar-refractivity contribution in [3.05, 3.63) is 96.6 Å². The summed E-state index contributed by atoms with van der Waals surface area (Å²) in [7, 11) is 0. The van der Waals surface area contributed by atoms with E-state index in [-0.39, 0.29) is 11.8 Å². The van der Waals surface area contributed by atoms with Crippen LogP contribution in [-0.2, 0) is 20.9 Å². The molecule has 0 aliphatic carbocycles. The van der Waals surface area contributed by atoms with E-state index in [1.807, 2.05) is 66.7 Å². The topological polar surface area (TPSA) is 67.4 Å².